The average Bonchev–Trinajstić information content (AvgIpc) is 3.76. The molecule has 2 aliphatic carbocycles. The SMILES string of the molecule is C=CC1CC1(NC(=O)C1CC(Oc2nccc3cc(OC)ccc23)CN1C(=O)O)C(=O)NS(=O)(=O)OC1(C)CC1. The summed E-state index contributed by atoms with van der Waals surface area (Å²) in [5.74, 6) is -1.35. The number of nitrogens with zero attached hydrogens (tertiary/aromatic N) is 2. The van der Waals surface area contributed by atoms with E-state index >= 15 is 0 Å². The number of nitrogens with one attached hydrogen (secondary N) is 2. The van der Waals surface area contributed by atoms with Gasteiger partial charge in [0.1, 0.15) is 23.4 Å². The number of methoxy groups -OCH3 is 1. The number of benzene rings is 1. The van der Waals surface area contributed by atoms with Gasteiger partial charge in [-0.3, -0.25) is 14.5 Å². The van der Waals surface area contributed by atoms with Crippen LogP contribution in [0.4, 0.5) is 4.79 Å². The molecule has 14 heteroatoms. The summed E-state index contributed by atoms with van der Waals surface area (Å²) in [5.41, 5.74) is -2.45. The van der Waals surface area contributed by atoms with Crippen molar-refractivity contribution < 1.29 is 41.6 Å². The lowest BCUT2D eigenvalue weighted by atomic mass is 10.1. The van der Waals surface area contributed by atoms with Crippen LogP contribution in [0.1, 0.15) is 32.6 Å². The van der Waals surface area contributed by atoms with E-state index in [9.17, 15) is 27.9 Å². The Bertz CT molecular complexity index is 1490. The maximum atomic E-state index is 13.4. The Morgan fingerprint density at radius 2 is 2.00 bits per heavy atom. The van der Waals surface area contributed by atoms with E-state index in [4.69, 9.17) is 13.7 Å². The second-order valence-electron chi connectivity index (χ2n) is 10.6. The molecule has 214 valence electrons. The summed E-state index contributed by atoms with van der Waals surface area (Å²) in [6.07, 6.45) is 2.11. The molecule has 3 N–H and O–H groups in total. The lowest BCUT2D eigenvalue weighted by molar-refractivity contribution is -0.131. The summed E-state index contributed by atoms with van der Waals surface area (Å²) in [4.78, 5) is 43.7. The molecule has 2 saturated carbocycles. The molecule has 3 aliphatic rings. The van der Waals surface area contributed by atoms with Crippen LogP contribution >= 0.6 is 0 Å². The number of carbonyl (C=O) groups is 3. The van der Waals surface area contributed by atoms with Gasteiger partial charge in [0.05, 0.1) is 19.3 Å². The number of likely N-dealkylation sites (tertiary alicyclic amines) is 1. The van der Waals surface area contributed by atoms with Crippen molar-refractivity contribution in [3.05, 3.63) is 43.1 Å². The van der Waals surface area contributed by atoms with Gasteiger partial charge in [-0.05, 0) is 55.8 Å². The van der Waals surface area contributed by atoms with E-state index in [1.54, 1.807) is 38.4 Å². The maximum absolute atomic E-state index is 13.4. The van der Waals surface area contributed by atoms with Crippen LogP contribution < -0.4 is 19.5 Å². The molecule has 4 unspecified atom stereocenters. The number of amides is 3. The molecule has 1 aromatic heterocycles. The molecule has 2 aromatic rings. The van der Waals surface area contributed by atoms with Crippen LogP contribution in [0.25, 0.3) is 10.8 Å². The van der Waals surface area contributed by atoms with E-state index in [1.807, 2.05) is 10.8 Å². The van der Waals surface area contributed by atoms with Gasteiger partial charge in [0.25, 0.3) is 5.91 Å². The van der Waals surface area contributed by atoms with Crippen molar-refractivity contribution in [2.45, 2.75) is 55.9 Å². The van der Waals surface area contributed by atoms with Gasteiger partial charge in [-0.15, -0.1) is 6.58 Å². The van der Waals surface area contributed by atoms with Crippen molar-refractivity contribution in [2.75, 3.05) is 13.7 Å². The van der Waals surface area contributed by atoms with E-state index in [-0.39, 0.29) is 25.3 Å². The minimum atomic E-state index is -4.42. The van der Waals surface area contributed by atoms with Crippen LogP contribution in [0.3, 0.4) is 0 Å². The Morgan fingerprint density at radius 1 is 1.25 bits per heavy atom. The van der Waals surface area contributed by atoms with Gasteiger partial charge >= 0.3 is 16.4 Å². The first-order valence-corrected chi connectivity index (χ1v) is 14.1. The Morgan fingerprint density at radius 3 is 2.62 bits per heavy atom. The molecule has 3 amide bonds. The molecule has 1 aromatic carbocycles. The topological polar surface area (TPSA) is 173 Å². The molecule has 3 fully saturated rings. The van der Waals surface area contributed by atoms with Crippen LogP contribution in [-0.2, 0) is 24.1 Å². The molecule has 13 nitrogen and oxygen atoms in total. The van der Waals surface area contributed by atoms with E-state index < -0.39 is 57.4 Å². The fourth-order valence-corrected chi connectivity index (χ4v) is 6.08. The number of hydrogen-bond donors (Lipinski definition) is 3. The first-order chi connectivity index (χ1) is 18.9. The number of pyridine rings is 1. The number of aromatic nitrogens is 1. The second-order valence-corrected chi connectivity index (χ2v) is 11.8. The predicted octanol–water partition coefficient (Wildman–Crippen LogP) is 1.73. The number of carboxylic acid groups (broad SMARTS) is 1. The zero-order chi connectivity index (χ0) is 28.9. The molecular formula is C26H30N4O9S. The van der Waals surface area contributed by atoms with Gasteiger partial charge in [-0.1, -0.05) is 6.08 Å². The van der Waals surface area contributed by atoms with E-state index in [0.717, 1.165) is 10.3 Å². The summed E-state index contributed by atoms with van der Waals surface area (Å²) in [6, 6.07) is 5.93. The third-order valence-electron chi connectivity index (χ3n) is 7.56. The molecule has 4 atom stereocenters. The molecule has 2 heterocycles. The number of ether oxygens (including phenoxy) is 2. The van der Waals surface area contributed by atoms with Crippen molar-refractivity contribution >= 4 is 39.0 Å². The van der Waals surface area contributed by atoms with Crippen molar-refractivity contribution in [1.82, 2.24) is 19.9 Å². The van der Waals surface area contributed by atoms with Crippen LogP contribution in [0.15, 0.2) is 43.1 Å². The largest absolute Gasteiger partial charge is 0.497 e. The monoisotopic (exact) mass is 574 g/mol. The Hall–Kier alpha value is -3.91. The quantitative estimate of drug-likeness (QED) is 0.355. The van der Waals surface area contributed by atoms with Gasteiger partial charge in [-0.25, -0.2) is 18.7 Å². The first-order valence-electron chi connectivity index (χ1n) is 12.7. The van der Waals surface area contributed by atoms with E-state index in [2.05, 4.69) is 16.9 Å². The minimum absolute atomic E-state index is 0.0113. The molecule has 0 spiro atoms. The highest BCUT2D eigenvalue weighted by atomic mass is 32.2. The summed E-state index contributed by atoms with van der Waals surface area (Å²) in [5, 5.41) is 13.9. The van der Waals surface area contributed by atoms with Crippen molar-refractivity contribution in [3.63, 3.8) is 0 Å². The van der Waals surface area contributed by atoms with Crippen LogP contribution in [0.5, 0.6) is 11.6 Å². The fourth-order valence-electron chi connectivity index (χ4n) is 4.94. The number of carbonyl (C=O) groups excluding carboxylic acids is 2. The second kappa shape index (κ2) is 9.93. The smallest absolute Gasteiger partial charge is 0.408 e. The van der Waals surface area contributed by atoms with E-state index in [0.29, 0.717) is 24.0 Å². The summed E-state index contributed by atoms with van der Waals surface area (Å²) in [7, 11) is -2.87. The summed E-state index contributed by atoms with van der Waals surface area (Å²) >= 11 is 0. The molecule has 1 aliphatic heterocycles. The average molecular weight is 575 g/mol. The summed E-state index contributed by atoms with van der Waals surface area (Å²) < 4.78 is 43.0. The van der Waals surface area contributed by atoms with Crippen LogP contribution in [-0.4, -0.2) is 78.3 Å². The van der Waals surface area contributed by atoms with E-state index in [1.165, 1.54) is 6.08 Å². The van der Waals surface area contributed by atoms with Gasteiger partial charge in [0.2, 0.25) is 11.8 Å². The third kappa shape index (κ3) is 5.41. The van der Waals surface area contributed by atoms with Crippen molar-refractivity contribution in [3.8, 4) is 11.6 Å². The lowest BCUT2D eigenvalue weighted by Crippen LogP contribution is -2.56. The van der Waals surface area contributed by atoms with Crippen LogP contribution in [0.2, 0.25) is 0 Å². The van der Waals surface area contributed by atoms with Crippen molar-refractivity contribution in [2.24, 2.45) is 5.92 Å². The first kappa shape index (κ1) is 27.6. The molecule has 40 heavy (non-hydrogen) atoms. The minimum Gasteiger partial charge on any atom is -0.497 e. The lowest BCUT2D eigenvalue weighted by Gasteiger charge is -2.24. The molecular weight excluding hydrogens is 544 g/mol. The highest BCUT2D eigenvalue weighted by molar-refractivity contribution is 7.85. The maximum Gasteiger partial charge on any atom is 0.408 e. The Kier molecular flexibility index (Phi) is 6.86. The summed E-state index contributed by atoms with van der Waals surface area (Å²) in [6.45, 7) is 5.15. The molecule has 0 radical (unpaired) electrons. The van der Waals surface area contributed by atoms with Gasteiger partial charge in [0.15, 0.2) is 0 Å². The third-order valence-corrected chi connectivity index (χ3v) is 8.61. The van der Waals surface area contributed by atoms with Crippen molar-refractivity contribution in [1.29, 1.82) is 0 Å². The molecule has 1 saturated heterocycles. The number of fused-ring (bicyclic) bond motifs is 1. The van der Waals surface area contributed by atoms with Gasteiger partial charge < -0.3 is 19.9 Å². The van der Waals surface area contributed by atoms with Gasteiger partial charge in [0, 0.05) is 23.9 Å². The van der Waals surface area contributed by atoms with Crippen LogP contribution in [0, 0.1) is 5.92 Å². The number of rotatable bonds is 10. The number of hydrogen-bond acceptors (Lipinski definition) is 9. The predicted molar refractivity (Wildman–Crippen MR) is 141 cm³/mol. The highest BCUT2D eigenvalue weighted by Crippen LogP contribution is 2.46. The zero-order valence-corrected chi connectivity index (χ0v) is 22.8. The molecule has 0 bridgehead atoms. The fraction of sp³-hybridized carbons (Fsp3) is 0.462. The molecule has 5 rings (SSSR count). The Balaban J connectivity index is 1.30. The zero-order valence-electron chi connectivity index (χ0n) is 22.0. The normalized spacial score (nSPS) is 26.6. The highest BCUT2D eigenvalue weighted by Gasteiger charge is 2.62. The van der Waals surface area contributed by atoms with Gasteiger partial charge in [-0.2, -0.15) is 8.42 Å². The Labute approximate surface area is 230 Å². The standard InChI is InChI=1S/C26H30N4O9S/c1-4-16-13-26(16,23(32)29-40(35,36)39-25(2)8-9-25)28-21(31)20-12-18(14-30(20)24(33)34)38-22-19-6-5-17(37-3)11-15(19)7-10-27-22/h4-7,10-11,16,18,20H,1,8-9,12-14H2,2-3H3,(H,28,31)(H,29,32)(H,33,34).